The second-order valence-electron chi connectivity index (χ2n) is 5.03. The third-order valence-electron chi connectivity index (χ3n) is 3.48. The van der Waals surface area contributed by atoms with Crippen molar-refractivity contribution in [3.05, 3.63) is 30.0 Å². The maximum absolute atomic E-state index is 11.7. The monoisotopic (exact) mass is 259 g/mol. The molecule has 1 aliphatic carbocycles. The number of carbonyl (C=O) groups is 1. The van der Waals surface area contributed by atoms with Gasteiger partial charge in [0.2, 0.25) is 5.91 Å². The van der Waals surface area contributed by atoms with Gasteiger partial charge in [0.05, 0.1) is 13.2 Å². The van der Waals surface area contributed by atoms with Crippen LogP contribution in [0.3, 0.4) is 0 Å². The maximum atomic E-state index is 11.7. The lowest BCUT2D eigenvalue weighted by molar-refractivity contribution is -0.123. The molecule has 1 amide bonds. The van der Waals surface area contributed by atoms with E-state index in [4.69, 9.17) is 9.15 Å². The smallest absolute Gasteiger partial charge is 0.223 e. The first-order valence-electron chi connectivity index (χ1n) is 6.56. The van der Waals surface area contributed by atoms with E-state index in [1.807, 2.05) is 31.2 Å². The van der Waals surface area contributed by atoms with Gasteiger partial charge in [0, 0.05) is 11.3 Å². The molecule has 4 heteroatoms. The highest BCUT2D eigenvalue weighted by Crippen LogP contribution is 2.32. The number of ether oxygens (including phenoxy) is 1. The van der Waals surface area contributed by atoms with Gasteiger partial charge in [-0.25, -0.2) is 0 Å². The average Bonchev–Trinajstić information content (AvgIpc) is 3.16. The molecule has 3 rings (SSSR count). The van der Waals surface area contributed by atoms with Crippen LogP contribution in [-0.4, -0.2) is 13.0 Å². The molecule has 100 valence electrons. The molecule has 0 radical (unpaired) electrons. The van der Waals surface area contributed by atoms with Crippen LogP contribution in [0.25, 0.3) is 11.0 Å². The average molecular weight is 259 g/mol. The zero-order valence-corrected chi connectivity index (χ0v) is 11.1. The van der Waals surface area contributed by atoms with Crippen LogP contribution in [0.1, 0.15) is 31.6 Å². The quantitative estimate of drug-likeness (QED) is 0.918. The number of hydrogen-bond acceptors (Lipinski definition) is 3. The molecule has 4 nitrogen and oxygen atoms in total. The molecule has 0 bridgehead atoms. The van der Waals surface area contributed by atoms with Crippen LogP contribution >= 0.6 is 0 Å². The summed E-state index contributed by atoms with van der Waals surface area (Å²) < 4.78 is 11.1. The Morgan fingerprint density at radius 2 is 2.26 bits per heavy atom. The first kappa shape index (κ1) is 12.1. The number of para-hydroxylation sites is 1. The van der Waals surface area contributed by atoms with Gasteiger partial charge in [-0.1, -0.05) is 12.1 Å². The molecule has 1 aliphatic rings. The van der Waals surface area contributed by atoms with Crippen molar-refractivity contribution in [3.8, 4) is 5.75 Å². The van der Waals surface area contributed by atoms with Crippen molar-refractivity contribution in [2.75, 3.05) is 7.11 Å². The highest BCUT2D eigenvalue weighted by molar-refractivity contribution is 5.84. The second kappa shape index (κ2) is 4.61. The molecule has 1 saturated carbocycles. The zero-order valence-electron chi connectivity index (χ0n) is 11.1. The minimum Gasteiger partial charge on any atom is -0.493 e. The number of benzene rings is 1. The van der Waals surface area contributed by atoms with Crippen LogP contribution in [0.5, 0.6) is 5.75 Å². The van der Waals surface area contributed by atoms with Crippen LogP contribution in [-0.2, 0) is 4.79 Å². The molecule has 1 fully saturated rings. The summed E-state index contributed by atoms with van der Waals surface area (Å²) in [6.45, 7) is 1.93. The number of amides is 1. The van der Waals surface area contributed by atoms with E-state index >= 15 is 0 Å². The molecule has 0 unspecified atom stereocenters. The van der Waals surface area contributed by atoms with E-state index in [9.17, 15) is 4.79 Å². The molecule has 1 aromatic heterocycles. The molecule has 0 spiro atoms. The van der Waals surface area contributed by atoms with Crippen molar-refractivity contribution in [2.24, 2.45) is 5.92 Å². The van der Waals surface area contributed by atoms with Crippen LogP contribution in [0.15, 0.2) is 28.7 Å². The Bertz CT molecular complexity index is 613. The lowest BCUT2D eigenvalue weighted by atomic mass is 10.2. The second-order valence-corrected chi connectivity index (χ2v) is 5.03. The lowest BCUT2D eigenvalue weighted by Gasteiger charge is -2.10. The predicted octanol–water partition coefficient (Wildman–Crippen LogP) is 3.03. The molecule has 1 atom stereocenters. The molecule has 1 heterocycles. The van der Waals surface area contributed by atoms with Gasteiger partial charge < -0.3 is 14.5 Å². The molecule has 2 aromatic rings. The normalized spacial score (nSPS) is 16.3. The molecule has 1 aromatic carbocycles. The number of furan rings is 1. The third-order valence-corrected chi connectivity index (χ3v) is 3.48. The molecule has 0 saturated heterocycles. The van der Waals surface area contributed by atoms with Crippen molar-refractivity contribution < 1.29 is 13.9 Å². The Hall–Kier alpha value is -1.97. The highest BCUT2D eigenvalue weighted by atomic mass is 16.5. The summed E-state index contributed by atoms with van der Waals surface area (Å²) in [5.41, 5.74) is 0.729. The number of rotatable bonds is 4. The van der Waals surface area contributed by atoms with E-state index in [-0.39, 0.29) is 17.9 Å². The van der Waals surface area contributed by atoms with Crippen molar-refractivity contribution in [3.63, 3.8) is 0 Å². The molecule has 0 aliphatic heterocycles. The van der Waals surface area contributed by atoms with E-state index in [2.05, 4.69) is 5.32 Å². The van der Waals surface area contributed by atoms with Gasteiger partial charge in [0.15, 0.2) is 11.3 Å². The molecule has 1 N–H and O–H groups in total. The van der Waals surface area contributed by atoms with Gasteiger partial charge in [-0.3, -0.25) is 4.79 Å². The Balaban J connectivity index is 1.85. The summed E-state index contributed by atoms with van der Waals surface area (Å²) in [5, 5.41) is 3.97. The number of methoxy groups -OCH3 is 1. The fourth-order valence-corrected chi connectivity index (χ4v) is 2.18. The molecular weight excluding hydrogens is 242 g/mol. The van der Waals surface area contributed by atoms with Crippen LogP contribution in [0, 0.1) is 5.92 Å². The van der Waals surface area contributed by atoms with E-state index in [0.29, 0.717) is 5.75 Å². The van der Waals surface area contributed by atoms with Gasteiger partial charge in [-0.2, -0.15) is 0 Å². The largest absolute Gasteiger partial charge is 0.493 e. The summed E-state index contributed by atoms with van der Waals surface area (Å²) in [4.78, 5) is 11.7. The fourth-order valence-electron chi connectivity index (χ4n) is 2.18. The summed E-state index contributed by atoms with van der Waals surface area (Å²) in [6.07, 6.45) is 2.01. The minimum atomic E-state index is -0.120. The van der Waals surface area contributed by atoms with E-state index in [1.165, 1.54) is 0 Å². The van der Waals surface area contributed by atoms with Crippen molar-refractivity contribution in [2.45, 2.75) is 25.8 Å². The Morgan fingerprint density at radius 1 is 1.47 bits per heavy atom. The van der Waals surface area contributed by atoms with E-state index in [0.717, 1.165) is 29.6 Å². The van der Waals surface area contributed by atoms with Crippen molar-refractivity contribution in [1.29, 1.82) is 0 Å². The number of fused-ring (bicyclic) bond motifs is 1. The van der Waals surface area contributed by atoms with E-state index < -0.39 is 0 Å². The fraction of sp³-hybridized carbons (Fsp3) is 0.400. The summed E-state index contributed by atoms with van der Waals surface area (Å²) >= 11 is 0. The van der Waals surface area contributed by atoms with Crippen molar-refractivity contribution in [1.82, 2.24) is 5.32 Å². The van der Waals surface area contributed by atoms with Gasteiger partial charge in [0.25, 0.3) is 0 Å². The summed E-state index contributed by atoms with van der Waals surface area (Å²) in [6, 6.07) is 7.60. The van der Waals surface area contributed by atoms with Crippen molar-refractivity contribution >= 4 is 16.9 Å². The summed E-state index contributed by atoms with van der Waals surface area (Å²) in [7, 11) is 1.62. The first-order chi connectivity index (χ1) is 9.19. The lowest BCUT2D eigenvalue weighted by Crippen LogP contribution is -2.27. The van der Waals surface area contributed by atoms with Gasteiger partial charge >= 0.3 is 0 Å². The Morgan fingerprint density at radius 3 is 2.95 bits per heavy atom. The van der Waals surface area contributed by atoms with E-state index in [1.54, 1.807) is 7.11 Å². The SMILES string of the molecule is COc1cccc2cc([C@H](C)NC(=O)C3CC3)oc12. The van der Waals surface area contributed by atoms with Crippen LogP contribution in [0.2, 0.25) is 0 Å². The standard InChI is InChI=1S/C15H17NO3/c1-9(16-15(17)10-6-7-10)13-8-11-4-3-5-12(18-2)14(11)19-13/h3-5,8-10H,6-7H2,1-2H3,(H,16,17)/t9-/m0/s1. The Labute approximate surface area is 111 Å². The predicted molar refractivity (Wildman–Crippen MR) is 72.0 cm³/mol. The summed E-state index contributed by atoms with van der Waals surface area (Å²) in [5.74, 6) is 1.80. The number of carbonyl (C=O) groups excluding carboxylic acids is 1. The molecule has 19 heavy (non-hydrogen) atoms. The van der Waals surface area contributed by atoms with Crippen LogP contribution in [0.4, 0.5) is 0 Å². The van der Waals surface area contributed by atoms with Gasteiger partial charge in [-0.05, 0) is 31.9 Å². The zero-order chi connectivity index (χ0) is 13.4. The number of nitrogens with one attached hydrogen (secondary N) is 1. The Kier molecular flexibility index (Phi) is 2.93. The minimum absolute atomic E-state index is 0.120. The number of hydrogen-bond donors (Lipinski definition) is 1. The maximum Gasteiger partial charge on any atom is 0.223 e. The molecular formula is C15H17NO3. The van der Waals surface area contributed by atoms with Crippen LogP contribution < -0.4 is 10.1 Å². The first-order valence-corrected chi connectivity index (χ1v) is 6.56. The van der Waals surface area contributed by atoms with Gasteiger partial charge in [0.1, 0.15) is 5.76 Å². The highest BCUT2D eigenvalue weighted by Gasteiger charge is 2.30. The van der Waals surface area contributed by atoms with Gasteiger partial charge in [-0.15, -0.1) is 0 Å². The third kappa shape index (κ3) is 2.30. The topological polar surface area (TPSA) is 51.5 Å².